The van der Waals surface area contributed by atoms with Crippen LogP contribution in [0.5, 0.6) is 0 Å². The largest absolute Gasteiger partial charge is 1.00 e. The van der Waals surface area contributed by atoms with Gasteiger partial charge in [-0.05, 0) is 0 Å². The summed E-state index contributed by atoms with van der Waals surface area (Å²) in [5, 5.41) is 2.55. The normalized spacial score (nSPS) is 12.0. The molecule has 2 aromatic rings. The van der Waals surface area contributed by atoms with Gasteiger partial charge in [-0.2, -0.15) is 4.72 Å². The molecule has 0 radical (unpaired) electrons. The molecule has 0 bridgehead atoms. The number of rotatable bonds is 7. The van der Waals surface area contributed by atoms with Crippen LogP contribution in [0.15, 0.2) is 36.4 Å². The number of aromatic nitrogens is 2. The number of carbonyl (C=O) groups is 1. The number of hydrogen-bond donors (Lipinski definition) is 4. The Morgan fingerprint density at radius 2 is 1.58 bits per heavy atom. The van der Waals surface area contributed by atoms with Crippen molar-refractivity contribution in [1.82, 2.24) is 20.0 Å². The smallest absolute Gasteiger partial charge is 0.273 e. The third-order valence-corrected chi connectivity index (χ3v) is 5.24. The average molecular weight is 539 g/mol. The fourth-order valence-electron chi connectivity index (χ4n) is 2.18. The predicted octanol–water partition coefficient (Wildman–Crippen LogP) is -2.31. The van der Waals surface area contributed by atoms with E-state index in [2.05, 4.69) is 20.0 Å². The van der Waals surface area contributed by atoms with Crippen LogP contribution in [0.4, 0.5) is 11.6 Å². The van der Waals surface area contributed by atoms with Crippen molar-refractivity contribution in [3.8, 4) is 0 Å². The summed E-state index contributed by atoms with van der Waals surface area (Å²) in [6.45, 7) is 2.47. The Labute approximate surface area is 198 Å². The highest BCUT2D eigenvalue weighted by Gasteiger charge is 2.26. The fourth-order valence-corrected chi connectivity index (χ4v) is 3.21. The van der Waals surface area contributed by atoms with E-state index < -0.39 is 15.9 Å². The molecule has 0 aliphatic rings. The van der Waals surface area contributed by atoms with Gasteiger partial charge < -0.3 is 38.2 Å². The summed E-state index contributed by atoms with van der Waals surface area (Å²) >= 11 is 5.74. The maximum absolute atomic E-state index is 12.1. The second-order valence-corrected chi connectivity index (χ2v) is 9.25. The Kier molecular flexibility index (Phi) is 11.9. The number of hydrogen-bond acceptors (Lipinski definition) is 7. The van der Waals surface area contributed by atoms with Crippen molar-refractivity contribution in [2.75, 3.05) is 44.9 Å². The zero-order valence-corrected chi connectivity index (χ0v) is 21.0. The SMILES string of the molecule is CC(NS(C)(=O)=O)[N+](C)(C)CCNC(=O)c1nc(Cl)c(N)nc1N.[Br-].c1ccccc1. The molecule has 1 unspecified atom stereocenters. The summed E-state index contributed by atoms with van der Waals surface area (Å²) in [4.78, 5) is 19.7. The number of nitrogens with one attached hydrogen (secondary N) is 2. The molecule has 0 aliphatic heterocycles. The van der Waals surface area contributed by atoms with Crippen molar-refractivity contribution < 1.29 is 34.7 Å². The average Bonchev–Trinajstić information content (AvgIpc) is 2.65. The Balaban J connectivity index is 0.00000110. The van der Waals surface area contributed by atoms with Crippen LogP contribution < -0.4 is 38.5 Å². The molecular weight excluding hydrogens is 510 g/mol. The van der Waals surface area contributed by atoms with Gasteiger partial charge in [-0.25, -0.2) is 18.4 Å². The van der Waals surface area contributed by atoms with Crippen molar-refractivity contribution in [3.05, 3.63) is 47.2 Å². The minimum Gasteiger partial charge on any atom is -1.00 e. The zero-order chi connectivity index (χ0) is 22.9. The van der Waals surface area contributed by atoms with Crippen molar-refractivity contribution in [2.45, 2.75) is 13.1 Å². The van der Waals surface area contributed by atoms with Crippen LogP contribution in [0.1, 0.15) is 17.4 Å². The molecule has 13 heteroatoms. The molecule has 10 nitrogen and oxygen atoms in total. The van der Waals surface area contributed by atoms with Crippen LogP contribution in [0.2, 0.25) is 5.15 Å². The number of sulfonamides is 1. The Bertz CT molecular complexity index is 920. The summed E-state index contributed by atoms with van der Waals surface area (Å²) in [6, 6.07) is 12.0. The Morgan fingerprint density at radius 3 is 2.03 bits per heavy atom. The topological polar surface area (TPSA) is 153 Å². The number of amides is 1. The molecule has 31 heavy (non-hydrogen) atoms. The number of likely N-dealkylation sites (N-methyl/N-ethyl adjacent to an activating group) is 1. The number of nitrogens with zero attached hydrogens (tertiary/aromatic N) is 3. The fraction of sp³-hybridized carbons (Fsp3) is 0.389. The number of nitrogen functional groups attached to an aromatic ring is 2. The van der Waals surface area contributed by atoms with Gasteiger partial charge in [0.15, 0.2) is 28.6 Å². The van der Waals surface area contributed by atoms with Gasteiger partial charge in [-0.15, -0.1) is 0 Å². The van der Waals surface area contributed by atoms with Gasteiger partial charge in [-0.3, -0.25) is 4.79 Å². The van der Waals surface area contributed by atoms with E-state index in [0.29, 0.717) is 11.0 Å². The third kappa shape index (κ3) is 10.7. The van der Waals surface area contributed by atoms with Gasteiger partial charge in [-0.1, -0.05) is 48.0 Å². The monoisotopic (exact) mass is 537 g/mol. The van der Waals surface area contributed by atoms with E-state index in [1.54, 1.807) is 6.92 Å². The van der Waals surface area contributed by atoms with Crippen LogP contribution in [0.3, 0.4) is 0 Å². The Hall–Kier alpha value is -1.99. The second kappa shape index (κ2) is 12.8. The number of benzene rings is 1. The van der Waals surface area contributed by atoms with E-state index in [4.69, 9.17) is 23.1 Å². The summed E-state index contributed by atoms with van der Waals surface area (Å²) < 4.78 is 25.4. The summed E-state index contributed by atoms with van der Waals surface area (Å²) in [5.74, 6) is -0.704. The molecule has 1 amide bonds. The summed E-state index contributed by atoms with van der Waals surface area (Å²) in [6.07, 6.45) is 0.727. The second-order valence-electron chi connectivity index (χ2n) is 7.11. The lowest BCUT2D eigenvalue weighted by molar-refractivity contribution is -0.913. The molecule has 0 saturated carbocycles. The minimum atomic E-state index is -3.32. The number of nitrogens with two attached hydrogens (primary N) is 2. The lowest BCUT2D eigenvalue weighted by Crippen LogP contribution is -3.00. The van der Waals surface area contributed by atoms with Crippen LogP contribution in [-0.2, 0) is 10.0 Å². The molecule has 0 fully saturated rings. The summed E-state index contributed by atoms with van der Waals surface area (Å²) in [7, 11) is 0.354. The highest BCUT2D eigenvalue weighted by Crippen LogP contribution is 2.17. The molecule has 1 atom stereocenters. The lowest BCUT2D eigenvalue weighted by Gasteiger charge is -2.35. The third-order valence-electron chi connectivity index (χ3n) is 4.19. The lowest BCUT2D eigenvalue weighted by atomic mass is 10.3. The van der Waals surface area contributed by atoms with Crippen molar-refractivity contribution in [1.29, 1.82) is 0 Å². The van der Waals surface area contributed by atoms with E-state index >= 15 is 0 Å². The zero-order valence-electron chi connectivity index (χ0n) is 17.8. The molecule has 6 N–H and O–H groups in total. The first-order chi connectivity index (χ1) is 13.8. The number of anilines is 2. The van der Waals surface area contributed by atoms with Gasteiger partial charge >= 0.3 is 0 Å². The van der Waals surface area contributed by atoms with E-state index in [1.165, 1.54) is 0 Å². The molecule has 0 aliphatic carbocycles. The molecule has 1 aromatic heterocycles. The van der Waals surface area contributed by atoms with Crippen LogP contribution in [-0.4, -0.2) is 68.4 Å². The first kappa shape index (κ1) is 29.0. The van der Waals surface area contributed by atoms with Gasteiger partial charge in [0.1, 0.15) is 0 Å². The highest BCUT2D eigenvalue weighted by molar-refractivity contribution is 7.88. The van der Waals surface area contributed by atoms with Gasteiger partial charge in [0.05, 0.1) is 33.4 Å². The first-order valence-electron chi connectivity index (χ1n) is 9.00. The van der Waals surface area contributed by atoms with E-state index in [1.807, 2.05) is 50.5 Å². The number of quaternary nitrogens is 1. The molecular formula is C18H29BrClN7O3S. The standard InChI is InChI=1S/C12H22ClN7O3S.C6H6.BrH/c1-7(19-24(4,22)23)20(2,3)6-5-16-12(21)8-10(14)18-11(15)9(13)17-8;1-2-4-6-5-3-1;/h7,19H,5-6H2,1-4H3,(H4-,14,15,16,18,21);1-6H;1H. The van der Waals surface area contributed by atoms with Crippen LogP contribution in [0, 0.1) is 0 Å². The molecule has 0 saturated heterocycles. The molecule has 1 aromatic carbocycles. The van der Waals surface area contributed by atoms with Gasteiger partial charge in [0, 0.05) is 6.92 Å². The van der Waals surface area contributed by atoms with E-state index in [-0.39, 0.29) is 52.2 Å². The van der Waals surface area contributed by atoms with E-state index in [9.17, 15) is 13.2 Å². The Morgan fingerprint density at radius 1 is 1.10 bits per heavy atom. The number of halogens is 2. The molecule has 0 spiro atoms. The molecule has 2 rings (SSSR count). The van der Waals surface area contributed by atoms with Crippen LogP contribution >= 0.6 is 11.6 Å². The quantitative estimate of drug-likeness (QED) is 0.228. The maximum Gasteiger partial charge on any atom is 0.273 e. The highest BCUT2D eigenvalue weighted by atomic mass is 79.9. The summed E-state index contributed by atoms with van der Waals surface area (Å²) in [5.41, 5.74) is 11.0. The maximum atomic E-state index is 12.1. The van der Waals surface area contributed by atoms with Crippen molar-refractivity contribution in [3.63, 3.8) is 0 Å². The number of carbonyl (C=O) groups excluding carboxylic acids is 1. The van der Waals surface area contributed by atoms with Gasteiger partial charge in [0.25, 0.3) is 5.91 Å². The first-order valence-corrected chi connectivity index (χ1v) is 11.3. The molecule has 174 valence electrons. The predicted molar refractivity (Wildman–Crippen MR) is 119 cm³/mol. The van der Waals surface area contributed by atoms with Crippen LogP contribution in [0.25, 0.3) is 0 Å². The van der Waals surface area contributed by atoms with E-state index in [0.717, 1.165) is 6.26 Å². The minimum absolute atomic E-state index is 0. The molecule has 1 heterocycles. The van der Waals surface area contributed by atoms with Crippen molar-refractivity contribution >= 4 is 39.2 Å². The van der Waals surface area contributed by atoms with Gasteiger partial charge in [0.2, 0.25) is 10.0 Å². The van der Waals surface area contributed by atoms with Crippen molar-refractivity contribution in [2.24, 2.45) is 0 Å².